The average Bonchev–Trinajstić information content (AvgIpc) is 3.22. The highest BCUT2D eigenvalue weighted by Crippen LogP contribution is 2.29. The van der Waals surface area contributed by atoms with Gasteiger partial charge in [-0.3, -0.25) is 9.69 Å². The number of likely N-dealkylation sites (tertiary alicyclic amines) is 1. The highest BCUT2D eigenvalue weighted by Gasteiger charge is 2.32. The number of benzene rings is 3. The Bertz CT molecular complexity index is 900. The van der Waals surface area contributed by atoms with Crippen molar-refractivity contribution in [3.63, 3.8) is 0 Å². The molecule has 1 aliphatic rings. The SMILES string of the molecule is CN(C(=O)C(c1ccccc1)N1CCCC1)c1ccc2ccccc2c1. The van der Waals surface area contributed by atoms with Gasteiger partial charge in [-0.25, -0.2) is 0 Å². The molecular formula is C23H24N2O. The Hall–Kier alpha value is -2.65. The molecule has 3 aromatic rings. The number of carbonyl (C=O) groups is 1. The molecule has 1 aliphatic heterocycles. The van der Waals surface area contributed by atoms with Gasteiger partial charge in [-0.1, -0.05) is 60.7 Å². The molecule has 3 aromatic carbocycles. The van der Waals surface area contributed by atoms with Crippen LogP contribution in [0.5, 0.6) is 0 Å². The van der Waals surface area contributed by atoms with Gasteiger partial charge >= 0.3 is 0 Å². The molecule has 3 nitrogen and oxygen atoms in total. The van der Waals surface area contributed by atoms with E-state index in [1.54, 1.807) is 0 Å². The van der Waals surface area contributed by atoms with Crippen molar-refractivity contribution in [2.75, 3.05) is 25.0 Å². The number of amides is 1. The van der Waals surface area contributed by atoms with Gasteiger partial charge in [0.05, 0.1) is 0 Å². The van der Waals surface area contributed by atoms with Crippen LogP contribution in [-0.4, -0.2) is 30.9 Å². The van der Waals surface area contributed by atoms with Crippen LogP contribution in [0.3, 0.4) is 0 Å². The minimum Gasteiger partial charge on any atom is -0.314 e. The quantitative estimate of drug-likeness (QED) is 0.688. The van der Waals surface area contributed by atoms with Crippen molar-refractivity contribution in [3.05, 3.63) is 78.4 Å². The molecule has 0 bridgehead atoms. The Labute approximate surface area is 154 Å². The maximum atomic E-state index is 13.5. The summed E-state index contributed by atoms with van der Waals surface area (Å²) in [6.07, 6.45) is 2.33. The second-order valence-electron chi connectivity index (χ2n) is 6.99. The molecule has 1 fully saturated rings. The maximum absolute atomic E-state index is 13.5. The molecule has 1 heterocycles. The second kappa shape index (κ2) is 7.30. The van der Waals surface area contributed by atoms with E-state index in [0.29, 0.717) is 0 Å². The van der Waals surface area contributed by atoms with Gasteiger partial charge in [0.15, 0.2) is 0 Å². The summed E-state index contributed by atoms with van der Waals surface area (Å²) in [5.74, 6) is 0.133. The Morgan fingerprint density at radius 1 is 0.885 bits per heavy atom. The van der Waals surface area contributed by atoms with Crippen LogP contribution in [-0.2, 0) is 4.79 Å². The molecule has 0 radical (unpaired) electrons. The number of fused-ring (bicyclic) bond motifs is 1. The van der Waals surface area contributed by atoms with Crippen molar-refractivity contribution in [3.8, 4) is 0 Å². The molecule has 1 unspecified atom stereocenters. The first-order valence-corrected chi connectivity index (χ1v) is 9.29. The van der Waals surface area contributed by atoms with Gasteiger partial charge in [-0.05, 0) is 54.4 Å². The van der Waals surface area contributed by atoms with Gasteiger partial charge in [0.2, 0.25) is 5.91 Å². The van der Waals surface area contributed by atoms with E-state index < -0.39 is 0 Å². The maximum Gasteiger partial charge on any atom is 0.248 e. The summed E-state index contributed by atoms with van der Waals surface area (Å²) < 4.78 is 0. The van der Waals surface area contributed by atoms with Crippen LogP contribution in [0, 0.1) is 0 Å². The lowest BCUT2D eigenvalue weighted by Gasteiger charge is -2.31. The molecule has 0 N–H and O–H groups in total. The van der Waals surface area contributed by atoms with Crippen LogP contribution in [0.1, 0.15) is 24.4 Å². The molecule has 1 amide bonds. The third-order valence-corrected chi connectivity index (χ3v) is 5.31. The van der Waals surface area contributed by atoms with Crippen molar-refractivity contribution in [1.82, 2.24) is 4.90 Å². The molecule has 1 saturated heterocycles. The van der Waals surface area contributed by atoms with E-state index in [2.05, 4.69) is 41.3 Å². The molecular weight excluding hydrogens is 320 g/mol. The van der Waals surface area contributed by atoms with Gasteiger partial charge in [0, 0.05) is 12.7 Å². The van der Waals surface area contributed by atoms with E-state index >= 15 is 0 Å². The van der Waals surface area contributed by atoms with Crippen LogP contribution in [0.15, 0.2) is 72.8 Å². The van der Waals surface area contributed by atoms with E-state index in [4.69, 9.17) is 0 Å². The van der Waals surface area contributed by atoms with E-state index in [-0.39, 0.29) is 11.9 Å². The summed E-state index contributed by atoms with van der Waals surface area (Å²) in [7, 11) is 1.89. The van der Waals surface area contributed by atoms with Gasteiger partial charge in [0.25, 0.3) is 0 Å². The molecule has 0 aromatic heterocycles. The van der Waals surface area contributed by atoms with Crippen molar-refractivity contribution in [1.29, 1.82) is 0 Å². The predicted octanol–water partition coefficient (Wildman–Crippen LogP) is 4.64. The van der Waals surface area contributed by atoms with Crippen molar-refractivity contribution in [2.24, 2.45) is 0 Å². The summed E-state index contributed by atoms with van der Waals surface area (Å²) in [6, 6.07) is 24.4. The fraction of sp³-hybridized carbons (Fsp3) is 0.261. The molecule has 132 valence electrons. The molecule has 26 heavy (non-hydrogen) atoms. The molecule has 4 rings (SSSR count). The number of hydrogen-bond donors (Lipinski definition) is 0. The Morgan fingerprint density at radius 2 is 1.54 bits per heavy atom. The van der Waals surface area contributed by atoms with Crippen LogP contribution in [0.2, 0.25) is 0 Å². The summed E-state index contributed by atoms with van der Waals surface area (Å²) in [6.45, 7) is 1.97. The van der Waals surface area contributed by atoms with Crippen molar-refractivity contribution in [2.45, 2.75) is 18.9 Å². The molecule has 1 atom stereocenters. The molecule has 0 aliphatic carbocycles. The number of rotatable bonds is 4. The zero-order valence-electron chi connectivity index (χ0n) is 15.1. The smallest absolute Gasteiger partial charge is 0.248 e. The summed E-state index contributed by atoms with van der Waals surface area (Å²) >= 11 is 0. The minimum absolute atomic E-state index is 0.133. The zero-order chi connectivity index (χ0) is 17.9. The Morgan fingerprint density at radius 3 is 2.27 bits per heavy atom. The van der Waals surface area contributed by atoms with Gasteiger partial charge in [0.1, 0.15) is 6.04 Å². The van der Waals surface area contributed by atoms with E-state index in [0.717, 1.165) is 42.6 Å². The van der Waals surface area contributed by atoms with Gasteiger partial charge in [-0.2, -0.15) is 0 Å². The van der Waals surface area contributed by atoms with Crippen LogP contribution >= 0.6 is 0 Å². The number of anilines is 1. The number of carbonyl (C=O) groups excluding carboxylic acids is 1. The molecule has 0 saturated carbocycles. The lowest BCUT2D eigenvalue weighted by Crippen LogP contribution is -2.40. The van der Waals surface area contributed by atoms with Crippen molar-refractivity contribution < 1.29 is 4.79 Å². The molecule has 0 spiro atoms. The normalized spacial score (nSPS) is 15.9. The summed E-state index contributed by atoms with van der Waals surface area (Å²) in [4.78, 5) is 17.6. The van der Waals surface area contributed by atoms with Gasteiger partial charge in [-0.15, -0.1) is 0 Å². The Balaban J connectivity index is 1.67. The van der Waals surface area contributed by atoms with E-state index in [1.165, 1.54) is 5.39 Å². The van der Waals surface area contributed by atoms with E-state index in [1.807, 2.05) is 48.3 Å². The van der Waals surface area contributed by atoms with Crippen LogP contribution in [0.25, 0.3) is 10.8 Å². The fourth-order valence-corrected chi connectivity index (χ4v) is 3.84. The van der Waals surface area contributed by atoms with Crippen molar-refractivity contribution >= 4 is 22.4 Å². The monoisotopic (exact) mass is 344 g/mol. The van der Waals surface area contributed by atoms with Gasteiger partial charge < -0.3 is 4.90 Å². The predicted molar refractivity (Wildman–Crippen MR) is 107 cm³/mol. The highest BCUT2D eigenvalue weighted by atomic mass is 16.2. The third kappa shape index (κ3) is 3.23. The topological polar surface area (TPSA) is 23.6 Å². The lowest BCUT2D eigenvalue weighted by molar-refractivity contribution is -0.123. The van der Waals surface area contributed by atoms with E-state index in [9.17, 15) is 4.79 Å². The number of nitrogens with zero attached hydrogens (tertiary/aromatic N) is 2. The van der Waals surface area contributed by atoms with Crippen LogP contribution in [0.4, 0.5) is 5.69 Å². The number of hydrogen-bond acceptors (Lipinski definition) is 2. The fourth-order valence-electron chi connectivity index (χ4n) is 3.84. The Kier molecular flexibility index (Phi) is 4.72. The number of likely N-dealkylation sites (N-methyl/N-ethyl adjacent to an activating group) is 1. The summed E-state index contributed by atoms with van der Waals surface area (Å²) in [5, 5.41) is 2.35. The van der Waals surface area contributed by atoms with Crippen LogP contribution < -0.4 is 4.90 Å². The second-order valence-corrected chi connectivity index (χ2v) is 6.99. The highest BCUT2D eigenvalue weighted by molar-refractivity contribution is 5.99. The standard InChI is InChI=1S/C23H24N2O/c1-24(21-14-13-18-9-5-6-12-20(18)17-21)23(26)22(25-15-7-8-16-25)19-10-3-2-4-11-19/h2-6,9-14,17,22H,7-8,15-16H2,1H3. The minimum atomic E-state index is -0.213. The third-order valence-electron chi connectivity index (χ3n) is 5.31. The summed E-state index contributed by atoms with van der Waals surface area (Å²) in [5.41, 5.74) is 2.01. The average molecular weight is 344 g/mol. The first-order chi connectivity index (χ1) is 12.7. The first kappa shape index (κ1) is 16.8. The lowest BCUT2D eigenvalue weighted by atomic mass is 10.0. The first-order valence-electron chi connectivity index (χ1n) is 9.29. The largest absolute Gasteiger partial charge is 0.314 e. The molecule has 3 heteroatoms. The zero-order valence-corrected chi connectivity index (χ0v) is 15.1.